The predicted octanol–water partition coefficient (Wildman–Crippen LogP) is 4.05. The Balaban J connectivity index is 0.00000256. The van der Waals surface area contributed by atoms with Crippen LogP contribution in [0.4, 0.5) is 22.0 Å². The second-order valence-electron chi connectivity index (χ2n) is 3.13. The molecule has 0 radical (unpaired) electrons. The Morgan fingerprint density at radius 3 is 2.06 bits per heavy atom. The van der Waals surface area contributed by atoms with Crippen molar-refractivity contribution >= 4 is 24.0 Å². The molecule has 17 heavy (non-hydrogen) atoms. The van der Waals surface area contributed by atoms with E-state index in [-0.39, 0.29) is 23.0 Å². The van der Waals surface area contributed by atoms with Crippen LogP contribution in [0.2, 0.25) is 5.02 Å². The van der Waals surface area contributed by atoms with Gasteiger partial charge in [0, 0.05) is 5.02 Å². The van der Waals surface area contributed by atoms with Crippen molar-refractivity contribution in [3.05, 3.63) is 34.3 Å². The Morgan fingerprint density at radius 1 is 1.12 bits per heavy atom. The molecule has 0 aromatic heterocycles. The first-order chi connectivity index (χ1) is 7.21. The summed E-state index contributed by atoms with van der Waals surface area (Å²) in [7, 11) is 0. The Kier molecular flexibility index (Phi) is 5.64. The quantitative estimate of drug-likeness (QED) is 0.819. The highest BCUT2D eigenvalue weighted by Gasteiger charge is 2.32. The molecular weight excluding hydrogens is 288 g/mol. The molecule has 8 heteroatoms. The van der Waals surface area contributed by atoms with Gasteiger partial charge in [-0.3, -0.25) is 0 Å². The lowest BCUT2D eigenvalue weighted by molar-refractivity contribution is -0.137. The lowest BCUT2D eigenvalue weighted by Gasteiger charge is -2.14. The molecule has 0 aliphatic carbocycles. The van der Waals surface area contributed by atoms with Crippen LogP contribution in [0.15, 0.2) is 18.2 Å². The third-order valence-corrected chi connectivity index (χ3v) is 2.12. The van der Waals surface area contributed by atoms with Crippen LogP contribution in [-0.4, -0.2) is 6.43 Å². The van der Waals surface area contributed by atoms with E-state index in [1.165, 1.54) is 0 Å². The Hall–Kier alpha value is -0.590. The van der Waals surface area contributed by atoms with Crippen LogP contribution in [-0.2, 0) is 6.18 Å². The molecule has 1 rings (SSSR count). The van der Waals surface area contributed by atoms with Crippen LogP contribution < -0.4 is 5.73 Å². The van der Waals surface area contributed by atoms with Gasteiger partial charge in [0.15, 0.2) is 0 Å². The summed E-state index contributed by atoms with van der Waals surface area (Å²) >= 11 is 5.40. The minimum atomic E-state index is -4.64. The number of rotatable bonds is 2. The van der Waals surface area contributed by atoms with Crippen molar-refractivity contribution in [3.8, 4) is 0 Å². The van der Waals surface area contributed by atoms with E-state index in [0.717, 1.165) is 6.07 Å². The van der Waals surface area contributed by atoms with Crippen molar-refractivity contribution < 1.29 is 22.0 Å². The fourth-order valence-corrected chi connectivity index (χ4v) is 1.36. The second kappa shape index (κ2) is 5.84. The number of benzene rings is 1. The average Bonchev–Trinajstić information content (AvgIpc) is 2.14. The van der Waals surface area contributed by atoms with E-state index in [1.54, 1.807) is 0 Å². The molecule has 0 fully saturated rings. The van der Waals surface area contributed by atoms with Crippen LogP contribution in [0.3, 0.4) is 0 Å². The molecule has 0 saturated carbocycles. The summed E-state index contributed by atoms with van der Waals surface area (Å²) in [4.78, 5) is 0. The maximum Gasteiger partial charge on any atom is 0.416 e. The predicted molar refractivity (Wildman–Crippen MR) is 56.6 cm³/mol. The normalized spacial score (nSPS) is 13.4. The van der Waals surface area contributed by atoms with Gasteiger partial charge >= 0.3 is 6.18 Å². The molecule has 0 spiro atoms. The van der Waals surface area contributed by atoms with E-state index >= 15 is 0 Å². The van der Waals surface area contributed by atoms with Crippen molar-refractivity contribution in [2.75, 3.05) is 0 Å². The zero-order chi connectivity index (χ0) is 12.5. The van der Waals surface area contributed by atoms with Gasteiger partial charge in [0.2, 0.25) is 0 Å². The van der Waals surface area contributed by atoms with Gasteiger partial charge in [-0.15, -0.1) is 12.4 Å². The van der Waals surface area contributed by atoms with E-state index in [4.69, 9.17) is 17.3 Å². The lowest BCUT2D eigenvalue weighted by atomic mass is 10.0. The Morgan fingerprint density at radius 2 is 1.65 bits per heavy atom. The molecule has 0 amide bonds. The smallest absolute Gasteiger partial charge is 0.319 e. The lowest BCUT2D eigenvalue weighted by Crippen LogP contribution is -2.19. The number of hydrogen-bond acceptors (Lipinski definition) is 1. The van der Waals surface area contributed by atoms with E-state index in [0.29, 0.717) is 12.1 Å². The van der Waals surface area contributed by atoms with Crippen molar-refractivity contribution in [1.29, 1.82) is 0 Å². The zero-order valence-corrected chi connectivity index (χ0v) is 9.71. The number of halogens is 7. The molecule has 0 aliphatic heterocycles. The topological polar surface area (TPSA) is 26.0 Å². The van der Waals surface area contributed by atoms with Crippen molar-refractivity contribution in [1.82, 2.24) is 0 Å². The molecule has 0 aliphatic rings. The van der Waals surface area contributed by atoms with Gasteiger partial charge in [-0.2, -0.15) is 13.2 Å². The molecule has 98 valence electrons. The van der Waals surface area contributed by atoms with Gasteiger partial charge in [-0.05, 0) is 23.8 Å². The maximum atomic E-state index is 12.3. The van der Waals surface area contributed by atoms with Crippen LogP contribution in [0.5, 0.6) is 0 Å². The molecule has 0 unspecified atom stereocenters. The fraction of sp³-hybridized carbons (Fsp3) is 0.333. The first kappa shape index (κ1) is 16.4. The summed E-state index contributed by atoms with van der Waals surface area (Å²) < 4.78 is 61.4. The minimum Gasteiger partial charge on any atom is -0.319 e. The minimum absolute atomic E-state index is 0. The molecule has 1 nitrogen and oxygen atoms in total. The molecule has 0 saturated heterocycles. The van der Waals surface area contributed by atoms with Gasteiger partial charge in [0.05, 0.1) is 11.6 Å². The number of alkyl halides is 5. The van der Waals surface area contributed by atoms with Gasteiger partial charge < -0.3 is 5.73 Å². The molecule has 2 N–H and O–H groups in total. The first-order valence-electron chi connectivity index (χ1n) is 4.13. The highest BCUT2D eigenvalue weighted by molar-refractivity contribution is 6.30. The molecule has 0 heterocycles. The van der Waals surface area contributed by atoms with Crippen molar-refractivity contribution in [2.24, 2.45) is 5.73 Å². The average molecular weight is 296 g/mol. The van der Waals surface area contributed by atoms with Crippen LogP contribution in [0.25, 0.3) is 0 Å². The Bertz CT molecular complexity index is 380. The number of nitrogens with two attached hydrogens (primary N) is 1. The largest absolute Gasteiger partial charge is 0.416 e. The second-order valence-corrected chi connectivity index (χ2v) is 3.57. The van der Waals surface area contributed by atoms with E-state index < -0.39 is 24.2 Å². The highest BCUT2D eigenvalue weighted by atomic mass is 35.5. The fourth-order valence-electron chi connectivity index (χ4n) is 1.11. The molecule has 1 aromatic carbocycles. The van der Waals surface area contributed by atoms with E-state index in [2.05, 4.69) is 0 Å². The summed E-state index contributed by atoms with van der Waals surface area (Å²) in [5.74, 6) is 0. The van der Waals surface area contributed by atoms with Gasteiger partial charge in [0.1, 0.15) is 0 Å². The van der Waals surface area contributed by atoms with Gasteiger partial charge in [-0.1, -0.05) is 11.6 Å². The van der Waals surface area contributed by atoms with Gasteiger partial charge in [0.25, 0.3) is 6.43 Å². The third-order valence-electron chi connectivity index (χ3n) is 1.90. The first-order valence-corrected chi connectivity index (χ1v) is 4.51. The third kappa shape index (κ3) is 4.29. The monoisotopic (exact) mass is 295 g/mol. The summed E-state index contributed by atoms with van der Waals surface area (Å²) in [5.41, 5.74) is 3.61. The van der Waals surface area contributed by atoms with Crippen molar-refractivity contribution in [3.63, 3.8) is 0 Å². The molecule has 1 atom stereocenters. The number of hydrogen-bond donors (Lipinski definition) is 1. The molecular formula is C9H8Cl2F5N. The van der Waals surface area contributed by atoms with Crippen LogP contribution in [0.1, 0.15) is 17.2 Å². The van der Waals surface area contributed by atoms with Crippen molar-refractivity contribution in [2.45, 2.75) is 18.6 Å². The summed E-state index contributed by atoms with van der Waals surface area (Å²) in [5, 5.41) is -0.277. The summed E-state index contributed by atoms with van der Waals surface area (Å²) in [6, 6.07) is 0.444. The van der Waals surface area contributed by atoms with E-state index in [1.807, 2.05) is 0 Å². The van der Waals surface area contributed by atoms with E-state index in [9.17, 15) is 22.0 Å². The molecule has 0 bridgehead atoms. The summed E-state index contributed by atoms with van der Waals surface area (Å²) in [6.45, 7) is 0. The van der Waals surface area contributed by atoms with Crippen LogP contribution >= 0.6 is 24.0 Å². The van der Waals surface area contributed by atoms with Crippen LogP contribution in [0, 0.1) is 0 Å². The molecule has 1 aromatic rings. The summed E-state index contributed by atoms with van der Waals surface area (Å²) in [6.07, 6.45) is -7.58. The SMILES string of the molecule is Cl.N[C@H](c1cc(Cl)cc(C(F)(F)F)c1)C(F)F. The zero-order valence-electron chi connectivity index (χ0n) is 8.14. The standard InChI is InChI=1S/C9H7ClF5N.ClH/c10-6-2-4(7(16)8(11)12)1-5(3-6)9(13,14)15;/h1-3,7-8H,16H2;1H/t7-;/m1./s1. The highest BCUT2D eigenvalue weighted by Crippen LogP contribution is 2.33. The Labute approximate surface area is 105 Å². The maximum absolute atomic E-state index is 12.3. The van der Waals surface area contributed by atoms with Gasteiger partial charge in [-0.25, -0.2) is 8.78 Å².